The Kier molecular flexibility index (Phi) is 10.5. The van der Waals surface area contributed by atoms with Gasteiger partial charge in [-0.05, 0) is 74.2 Å². The van der Waals surface area contributed by atoms with Crippen molar-refractivity contribution in [2.45, 2.75) is 64.1 Å². The second-order valence-corrected chi connectivity index (χ2v) is 11.9. The molecule has 3 aromatic carbocycles. The molecule has 0 fully saturated rings. The van der Waals surface area contributed by atoms with Crippen molar-refractivity contribution in [2.24, 2.45) is 0 Å². The van der Waals surface area contributed by atoms with Crippen LogP contribution in [-0.4, -0.2) is 43.8 Å². The van der Waals surface area contributed by atoms with Crippen LogP contribution in [0, 0.1) is 6.92 Å². The van der Waals surface area contributed by atoms with E-state index in [1.54, 1.807) is 18.2 Å². The summed E-state index contributed by atoms with van der Waals surface area (Å²) in [5, 5.41) is 3.38. The first kappa shape index (κ1) is 30.2. The molecule has 0 bridgehead atoms. The molecule has 2 atom stereocenters. The van der Waals surface area contributed by atoms with Gasteiger partial charge in [-0.25, -0.2) is 8.42 Å². The summed E-state index contributed by atoms with van der Waals surface area (Å²) in [6.07, 6.45) is 1.12. The highest BCUT2D eigenvalue weighted by molar-refractivity contribution is 7.92. The summed E-state index contributed by atoms with van der Waals surface area (Å²) in [7, 11) is -4.14. The van der Waals surface area contributed by atoms with Gasteiger partial charge in [-0.2, -0.15) is 0 Å². The van der Waals surface area contributed by atoms with E-state index in [0.717, 1.165) is 21.9 Å². The van der Waals surface area contributed by atoms with Gasteiger partial charge < -0.3 is 10.2 Å². The molecule has 0 spiro atoms. The number of rotatable bonds is 12. The van der Waals surface area contributed by atoms with Crippen molar-refractivity contribution >= 4 is 39.1 Å². The van der Waals surface area contributed by atoms with Gasteiger partial charge in [0.15, 0.2) is 0 Å². The van der Waals surface area contributed by atoms with E-state index in [2.05, 4.69) is 5.32 Å². The number of carbonyl (C=O) groups is 2. The number of hydrogen-bond donors (Lipinski definition) is 1. The molecule has 0 saturated heterocycles. The van der Waals surface area contributed by atoms with E-state index in [1.165, 1.54) is 29.2 Å². The zero-order valence-corrected chi connectivity index (χ0v) is 24.4. The Morgan fingerprint density at radius 2 is 1.59 bits per heavy atom. The van der Waals surface area contributed by atoms with E-state index in [9.17, 15) is 18.0 Å². The lowest BCUT2D eigenvalue weighted by Gasteiger charge is -2.33. The topological polar surface area (TPSA) is 86.8 Å². The molecule has 0 radical (unpaired) electrons. The molecule has 0 unspecified atom stereocenters. The summed E-state index contributed by atoms with van der Waals surface area (Å²) < 4.78 is 28.8. The van der Waals surface area contributed by atoms with Gasteiger partial charge in [0.25, 0.3) is 10.0 Å². The van der Waals surface area contributed by atoms with Crippen LogP contribution in [0.3, 0.4) is 0 Å². The molecule has 1 N–H and O–H groups in total. The number of amides is 2. The zero-order chi connectivity index (χ0) is 28.6. The van der Waals surface area contributed by atoms with Crippen LogP contribution in [0.2, 0.25) is 5.02 Å². The van der Waals surface area contributed by atoms with Crippen molar-refractivity contribution in [1.82, 2.24) is 10.2 Å². The normalized spacial score (nSPS) is 12.8. The maximum Gasteiger partial charge on any atom is 0.264 e. The van der Waals surface area contributed by atoms with Crippen LogP contribution in [0.4, 0.5) is 5.69 Å². The summed E-state index contributed by atoms with van der Waals surface area (Å²) in [6.45, 7) is 7.26. The molecule has 39 heavy (non-hydrogen) atoms. The summed E-state index contributed by atoms with van der Waals surface area (Å²) in [4.78, 5) is 28.8. The molecule has 2 amide bonds. The van der Waals surface area contributed by atoms with E-state index >= 15 is 0 Å². The predicted octanol–water partition coefficient (Wildman–Crippen LogP) is 5.57. The third-order valence-electron chi connectivity index (χ3n) is 6.55. The number of hydrogen-bond acceptors (Lipinski definition) is 4. The molecule has 3 aromatic rings. The molecule has 9 heteroatoms. The highest BCUT2D eigenvalue weighted by Crippen LogP contribution is 2.26. The lowest BCUT2D eigenvalue weighted by Crippen LogP contribution is -2.53. The molecule has 0 aromatic heterocycles. The first-order chi connectivity index (χ1) is 18.6. The van der Waals surface area contributed by atoms with Crippen LogP contribution in [-0.2, 0) is 26.2 Å². The number of sulfonamides is 1. The number of carbonyl (C=O) groups excluding carboxylic acids is 2. The van der Waals surface area contributed by atoms with Crippen LogP contribution < -0.4 is 9.62 Å². The van der Waals surface area contributed by atoms with Crippen molar-refractivity contribution in [1.29, 1.82) is 0 Å². The third kappa shape index (κ3) is 7.83. The molecule has 7 nitrogen and oxygen atoms in total. The molecule has 0 heterocycles. The number of nitrogens with one attached hydrogen (secondary N) is 1. The molecular formula is C30H36ClN3O4S. The monoisotopic (exact) mass is 569 g/mol. The van der Waals surface area contributed by atoms with Gasteiger partial charge in [-0.15, -0.1) is 0 Å². The SMILES string of the molecule is CC[C@@H](C)NC(=O)[C@H](CC)N(Cc1ccccc1)C(=O)CN(c1cccc(C)c1)S(=O)(=O)c1ccc(Cl)cc1. The maximum absolute atomic E-state index is 14.0. The predicted molar refractivity (Wildman–Crippen MR) is 156 cm³/mol. The van der Waals surface area contributed by atoms with Crippen LogP contribution in [0.15, 0.2) is 83.8 Å². The summed E-state index contributed by atoms with van der Waals surface area (Å²) >= 11 is 6.00. The number of aryl methyl sites for hydroxylation is 1. The molecule has 3 rings (SSSR count). The molecule has 0 saturated carbocycles. The van der Waals surface area contributed by atoms with Crippen molar-refractivity contribution in [2.75, 3.05) is 10.8 Å². The van der Waals surface area contributed by atoms with Crippen molar-refractivity contribution < 1.29 is 18.0 Å². The second kappa shape index (κ2) is 13.6. The average Bonchev–Trinajstić information content (AvgIpc) is 2.92. The number of halogens is 1. The number of anilines is 1. The highest BCUT2D eigenvalue weighted by atomic mass is 35.5. The van der Waals surface area contributed by atoms with Gasteiger partial charge in [-0.3, -0.25) is 13.9 Å². The summed E-state index contributed by atoms with van der Waals surface area (Å²) in [6, 6.07) is 21.3. The van der Waals surface area contributed by atoms with Gasteiger partial charge in [-0.1, -0.05) is 67.9 Å². The number of nitrogens with zero attached hydrogens (tertiary/aromatic N) is 2. The molecular weight excluding hydrogens is 534 g/mol. The molecule has 0 aliphatic rings. The van der Waals surface area contributed by atoms with E-state index in [4.69, 9.17) is 11.6 Å². The maximum atomic E-state index is 14.0. The minimum atomic E-state index is -4.14. The standard InChI is InChI=1S/C30H36ClN3O4S/c1-5-23(4)32-30(36)28(6-2)33(20-24-12-8-7-9-13-24)29(35)21-34(26-14-10-11-22(3)19-26)39(37,38)27-17-15-25(31)16-18-27/h7-19,23,28H,5-6,20-21H2,1-4H3,(H,32,36)/t23-,28+/m1/s1. The van der Waals surface area contributed by atoms with Crippen LogP contribution in [0.1, 0.15) is 44.7 Å². The molecule has 0 aliphatic carbocycles. The zero-order valence-electron chi connectivity index (χ0n) is 22.8. The summed E-state index contributed by atoms with van der Waals surface area (Å²) in [5.41, 5.74) is 2.04. The van der Waals surface area contributed by atoms with Gasteiger partial charge >= 0.3 is 0 Å². The summed E-state index contributed by atoms with van der Waals surface area (Å²) in [5.74, 6) is -0.747. The van der Waals surface area contributed by atoms with Crippen LogP contribution in [0.5, 0.6) is 0 Å². The lowest BCUT2D eigenvalue weighted by molar-refractivity contribution is -0.140. The Bertz CT molecular complexity index is 1360. The Hall–Kier alpha value is -3.36. The van der Waals surface area contributed by atoms with Gasteiger partial charge in [0, 0.05) is 17.6 Å². The Morgan fingerprint density at radius 3 is 2.18 bits per heavy atom. The van der Waals surface area contributed by atoms with E-state index in [1.807, 2.05) is 64.1 Å². The lowest BCUT2D eigenvalue weighted by atomic mass is 10.1. The van der Waals surface area contributed by atoms with E-state index < -0.39 is 28.5 Å². The van der Waals surface area contributed by atoms with E-state index in [-0.39, 0.29) is 23.4 Å². The fourth-order valence-electron chi connectivity index (χ4n) is 4.19. The quantitative estimate of drug-likeness (QED) is 0.309. The fraction of sp³-hybridized carbons (Fsp3) is 0.333. The van der Waals surface area contributed by atoms with Gasteiger partial charge in [0.05, 0.1) is 10.6 Å². The highest BCUT2D eigenvalue weighted by Gasteiger charge is 2.34. The minimum Gasteiger partial charge on any atom is -0.352 e. The molecule has 0 aliphatic heterocycles. The Labute approximate surface area is 236 Å². The van der Waals surface area contributed by atoms with E-state index in [0.29, 0.717) is 17.1 Å². The minimum absolute atomic E-state index is 0.0115. The van der Waals surface area contributed by atoms with Gasteiger partial charge in [0.2, 0.25) is 11.8 Å². The molecule has 208 valence electrons. The Morgan fingerprint density at radius 1 is 0.923 bits per heavy atom. The second-order valence-electron chi connectivity index (χ2n) is 9.55. The van der Waals surface area contributed by atoms with Crippen molar-refractivity contribution in [3.63, 3.8) is 0 Å². The number of benzene rings is 3. The van der Waals surface area contributed by atoms with Crippen LogP contribution >= 0.6 is 11.6 Å². The van der Waals surface area contributed by atoms with Crippen molar-refractivity contribution in [3.05, 3.63) is 95.0 Å². The smallest absolute Gasteiger partial charge is 0.264 e. The first-order valence-corrected chi connectivity index (χ1v) is 14.9. The van der Waals surface area contributed by atoms with Crippen LogP contribution in [0.25, 0.3) is 0 Å². The average molecular weight is 570 g/mol. The van der Waals surface area contributed by atoms with Crippen molar-refractivity contribution in [3.8, 4) is 0 Å². The largest absolute Gasteiger partial charge is 0.352 e. The van der Waals surface area contributed by atoms with Gasteiger partial charge in [0.1, 0.15) is 12.6 Å². The fourth-order valence-corrected chi connectivity index (χ4v) is 5.72. The first-order valence-electron chi connectivity index (χ1n) is 13.1. The third-order valence-corrected chi connectivity index (χ3v) is 8.59. The Balaban J connectivity index is 2.04.